The third kappa shape index (κ3) is 16.2. The summed E-state index contributed by atoms with van der Waals surface area (Å²) >= 11 is 0. The molecule has 0 heterocycles. The molecule has 0 N–H and O–H groups in total. The van der Waals surface area contributed by atoms with Crippen molar-refractivity contribution in [3.05, 3.63) is 14.9 Å². The Bertz CT molecular complexity index is 3.25. The summed E-state index contributed by atoms with van der Waals surface area (Å²) in [6.45, 7) is 0. The molecule has 0 saturated heterocycles. The first-order valence-corrected chi connectivity index (χ1v) is 0. The summed E-state index contributed by atoms with van der Waals surface area (Å²) in [6, 6.07) is 0. The Morgan fingerprint density at radius 1 is 0.750 bits per heavy atom. The third-order valence-electron chi connectivity index (χ3n) is 0. The topological polar surface area (TPSA) is 0 Å². The molecule has 4 heavy (non-hydrogen) atoms. The fourth-order valence-electron chi connectivity index (χ4n) is 0. The van der Waals surface area contributed by atoms with E-state index >= 15 is 0 Å². The van der Waals surface area contributed by atoms with Gasteiger partial charge in [0.2, 0.25) is 0 Å². The Morgan fingerprint density at radius 2 is 0.750 bits per heavy atom. The molecule has 0 fully saturated rings. The zero-order valence-corrected chi connectivity index (χ0v) is 4.59. The number of hydrogen-bond acceptors (Lipinski definition) is 0. The van der Waals surface area contributed by atoms with Gasteiger partial charge in [-0.1, -0.05) is 7.43 Å². The van der Waals surface area contributed by atoms with Gasteiger partial charge in [0, 0.05) is 0 Å². The molecule has 0 aromatic carbocycles. The monoisotopic (exact) mass is 241 g/mol. The molecule has 1 heteroatoms. The standard InChI is InChI=1S/CH4.2CH3.Pt/h1H4;2*1H3;/q;2*-1;+2. The van der Waals surface area contributed by atoms with Crippen molar-refractivity contribution in [1.29, 1.82) is 0 Å². The predicted molar refractivity (Wildman–Crippen MR) is 19.6 cm³/mol. The van der Waals surface area contributed by atoms with E-state index in [2.05, 4.69) is 0 Å². The molecule has 0 rings (SSSR count). The van der Waals surface area contributed by atoms with Crippen molar-refractivity contribution >= 4 is 0 Å². The van der Waals surface area contributed by atoms with Gasteiger partial charge in [-0.05, 0) is 0 Å². The molecule has 0 unspecified atom stereocenters. The quantitative estimate of drug-likeness (QED) is 0.564. The summed E-state index contributed by atoms with van der Waals surface area (Å²) in [5, 5.41) is 0. The van der Waals surface area contributed by atoms with E-state index in [-0.39, 0.29) is 43.3 Å². The van der Waals surface area contributed by atoms with Crippen molar-refractivity contribution in [3.8, 4) is 0 Å². The molecule has 0 aromatic heterocycles. The van der Waals surface area contributed by atoms with Crippen molar-refractivity contribution in [2.45, 2.75) is 7.43 Å². The smallest absolute Gasteiger partial charge is 0.358 e. The molecule has 32 valence electrons. The van der Waals surface area contributed by atoms with E-state index in [9.17, 15) is 0 Å². The molecule has 0 radical (unpaired) electrons. The van der Waals surface area contributed by atoms with E-state index in [0.29, 0.717) is 0 Å². The molecule has 0 aromatic rings. The Balaban J connectivity index is 0. The first-order valence-electron chi connectivity index (χ1n) is 0. The third-order valence-corrected chi connectivity index (χ3v) is 0. The minimum atomic E-state index is 0. The van der Waals surface area contributed by atoms with Gasteiger partial charge in [0.1, 0.15) is 0 Å². The van der Waals surface area contributed by atoms with Gasteiger partial charge in [0.25, 0.3) is 0 Å². The zero-order valence-electron chi connectivity index (χ0n) is 2.32. The van der Waals surface area contributed by atoms with Crippen molar-refractivity contribution in [2.75, 3.05) is 0 Å². The second-order valence-corrected chi connectivity index (χ2v) is 0. The van der Waals surface area contributed by atoms with E-state index < -0.39 is 0 Å². The van der Waals surface area contributed by atoms with Crippen LogP contribution in [-0.4, -0.2) is 0 Å². The maximum absolute atomic E-state index is 0. The molecule has 0 bridgehead atoms. The van der Waals surface area contributed by atoms with Crippen LogP contribution in [0.2, 0.25) is 0 Å². The second-order valence-electron chi connectivity index (χ2n) is 0. The van der Waals surface area contributed by atoms with Crippen LogP contribution in [0.4, 0.5) is 0 Å². The van der Waals surface area contributed by atoms with Crippen LogP contribution in [0.5, 0.6) is 0 Å². The van der Waals surface area contributed by atoms with Gasteiger partial charge in [0.05, 0.1) is 0 Å². The van der Waals surface area contributed by atoms with Crippen molar-refractivity contribution < 1.29 is 21.1 Å². The van der Waals surface area contributed by atoms with Crippen LogP contribution in [0.3, 0.4) is 0 Å². The van der Waals surface area contributed by atoms with Crippen molar-refractivity contribution in [3.63, 3.8) is 0 Å². The summed E-state index contributed by atoms with van der Waals surface area (Å²) < 4.78 is 0. The van der Waals surface area contributed by atoms with Gasteiger partial charge < -0.3 is 14.9 Å². The Hall–Kier alpha value is 0.688. The van der Waals surface area contributed by atoms with Gasteiger partial charge in [0.15, 0.2) is 0 Å². The molecule has 0 spiro atoms. The minimum absolute atomic E-state index is 0. The van der Waals surface area contributed by atoms with Crippen LogP contribution in [0, 0.1) is 14.9 Å². The number of hydrogen-bond donors (Lipinski definition) is 0. The van der Waals surface area contributed by atoms with E-state index in [4.69, 9.17) is 0 Å². The van der Waals surface area contributed by atoms with Crippen LogP contribution in [0.25, 0.3) is 0 Å². The van der Waals surface area contributed by atoms with Gasteiger partial charge in [-0.15, -0.1) is 0 Å². The van der Waals surface area contributed by atoms with Crippen LogP contribution in [0.15, 0.2) is 0 Å². The molecule has 0 aliphatic rings. The van der Waals surface area contributed by atoms with Gasteiger partial charge in [-0.2, -0.15) is 0 Å². The molecular formula is C3H10Pt. The molecular weight excluding hydrogens is 231 g/mol. The summed E-state index contributed by atoms with van der Waals surface area (Å²) in [5.74, 6) is 0. The van der Waals surface area contributed by atoms with Crippen LogP contribution in [0.1, 0.15) is 7.43 Å². The van der Waals surface area contributed by atoms with Gasteiger partial charge in [-0.3, -0.25) is 0 Å². The molecule has 0 aliphatic heterocycles. The zero-order chi connectivity index (χ0) is 0. The maximum Gasteiger partial charge on any atom is 2.00 e. The first kappa shape index (κ1) is 135. The van der Waals surface area contributed by atoms with Crippen molar-refractivity contribution in [2.24, 2.45) is 0 Å². The van der Waals surface area contributed by atoms with Crippen LogP contribution < -0.4 is 0 Å². The van der Waals surface area contributed by atoms with E-state index in [1.54, 1.807) is 0 Å². The Morgan fingerprint density at radius 3 is 0.750 bits per heavy atom. The van der Waals surface area contributed by atoms with E-state index in [0.717, 1.165) is 0 Å². The van der Waals surface area contributed by atoms with Crippen LogP contribution >= 0.6 is 0 Å². The normalized spacial score (nSPS) is 0. The summed E-state index contributed by atoms with van der Waals surface area (Å²) in [4.78, 5) is 0. The molecule has 0 atom stereocenters. The summed E-state index contributed by atoms with van der Waals surface area (Å²) in [6.07, 6.45) is 0. The number of rotatable bonds is 0. The SMILES string of the molecule is C.[CH3-].[CH3-].[Pt+2]. The van der Waals surface area contributed by atoms with Crippen molar-refractivity contribution in [1.82, 2.24) is 0 Å². The summed E-state index contributed by atoms with van der Waals surface area (Å²) in [7, 11) is 0. The average molecular weight is 241 g/mol. The fraction of sp³-hybridized carbons (Fsp3) is 0.333. The molecule has 0 saturated carbocycles. The minimum Gasteiger partial charge on any atom is -0.358 e. The van der Waals surface area contributed by atoms with Gasteiger partial charge >= 0.3 is 21.1 Å². The second kappa shape index (κ2) is 56.3. The van der Waals surface area contributed by atoms with Gasteiger partial charge in [-0.25, -0.2) is 0 Å². The van der Waals surface area contributed by atoms with E-state index in [1.807, 2.05) is 0 Å². The predicted octanol–water partition coefficient (Wildman–Crippen LogP) is 1.53. The fourth-order valence-corrected chi connectivity index (χ4v) is 0. The molecule has 0 amide bonds. The average Bonchev–Trinajstić information content (AvgIpc) is 0. The maximum atomic E-state index is 0. The first-order chi connectivity index (χ1) is 0. The summed E-state index contributed by atoms with van der Waals surface area (Å²) in [5.41, 5.74) is 0. The Labute approximate surface area is 43.9 Å². The van der Waals surface area contributed by atoms with E-state index in [1.165, 1.54) is 0 Å². The Kier molecular flexibility index (Phi) is 1890. The van der Waals surface area contributed by atoms with Crippen LogP contribution in [-0.2, 0) is 21.1 Å². The molecule has 0 nitrogen and oxygen atoms in total. The molecule has 0 aliphatic carbocycles. The largest absolute Gasteiger partial charge is 2.00 e.